The van der Waals surface area contributed by atoms with E-state index in [9.17, 15) is 8.78 Å². The first-order valence-corrected chi connectivity index (χ1v) is 4.57. The molecule has 1 nitrogen and oxygen atoms in total. The molecule has 0 aliphatic rings. The van der Waals surface area contributed by atoms with Crippen LogP contribution < -0.4 is 5.32 Å². The second-order valence-electron chi connectivity index (χ2n) is 2.24. The van der Waals surface area contributed by atoms with Crippen LogP contribution in [0.2, 0.25) is 0 Å². The molecular weight excluding hydrogens is 275 g/mol. The standard InChI is InChI=1S/C8H8F2IN/c9-3-4-12-8-2-1-6(10)5-7(8)11/h1-2,5,12H,3-4H2. The van der Waals surface area contributed by atoms with E-state index in [-0.39, 0.29) is 12.4 Å². The number of hydrogen-bond donors (Lipinski definition) is 1. The molecule has 0 spiro atoms. The van der Waals surface area contributed by atoms with E-state index in [0.29, 0.717) is 0 Å². The summed E-state index contributed by atoms with van der Waals surface area (Å²) >= 11 is 2.00. The molecule has 0 aromatic heterocycles. The maximum Gasteiger partial charge on any atom is 0.124 e. The third-order valence-electron chi connectivity index (χ3n) is 1.34. The molecule has 0 bridgehead atoms. The van der Waals surface area contributed by atoms with Gasteiger partial charge in [0, 0.05) is 15.8 Å². The average Bonchev–Trinajstić information content (AvgIpc) is 2.03. The minimum Gasteiger partial charge on any atom is -0.382 e. The van der Waals surface area contributed by atoms with Crippen molar-refractivity contribution < 1.29 is 8.78 Å². The number of halogens is 3. The molecule has 0 unspecified atom stereocenters. The van der Waals surface area contributed by atoms with Crippen LogP contribution in [0.1, 0.15) is 0 Å². The first kappa shape index (κ1) is 9.70. The van der Waals surface area contributed by atoms with Gasteiger partial charge >= 0.3 is 0 Å². The molecule has 1 rings (SSSR count). The van der Waals surface area contributed by atoms with E-state index in [4.69, 9.17) is 0 Å². The zero-order valence-electron chi connectivity index (χ0n) is 6.28. The van der Waals surface area contributed by atoms with Crippen LogP contribution >= 0.6 is 22.6 Å². The Bertz CT molecular complexity index is 265. The highest BCUT2D eigenvalue weighted by atomic mass is 127. The van der Waals surface area contributed by atoms with Crippen LogP contribution in [0.3, 0.4) is 0 Å². The number of anilines is 1. The van der Waals surface area contributed by atoms with Crippen LogP contribution in [0, 0.1) is 9.39 Å². The van der Waals surface area contributed by atoms with Gasteiger partial charge in [0.2, 0.25) is 0 Å². The van der Waals surface area contributed by atoms with Crippen LogP contribution in [0.4, 0.5) is 14.5 Å². The molecule has 0 amide bonds. The van der Waals surface area contributed by atoms with E-state index in [1.165, 1.54) is 12.1 Å². The van der Waals surface area contributed by atoms with Gasteiger partial charge < -0.3 is 5.32 Å². The zero-order valence-corrected chi connectivity index (χ0v) is 8.44. The molecular formula is C8H8F2IN. The van der Waals surface area contributed by atoms with Gasteiger partial charge in [-0.15, -0.1) is 0 Å². The Kier molecular flexibility index (Phi) is 3.71. The Labute approximate surface area is 83.3 Å². The van der Waals surface area contributed by atoms with E-state index < -0.39 is 6.67 Å². The largest absolute Gasteiger partial charge is 0.382 e. The maximum absolute atomic E-state index is 12.6. The molecule has 12 heavy (non-hydrogen) atoms. The molecule has 4 heteroatoms. The van der Waals surface area contributed by atoms with Gasteiger partial charge in [0.15, 0.2) is 0 Å². The lowest BCUT2D eigenvalue weighted by molar-refractivity contribution is 0.512. The van der Waals surface area contributed by atoms with Crippen molar-refractivity contribution in [2.45, 2.75) is 0 Å². The smallest absolute Gasteiger partial charge is 0.124 e. The molecule has 0 saturated carbocycles. The molecule has 0 saturated heterocycles. The van der Waals surface area contributed by atoms with Crippen molar-refractivity contribution in [2.24, 2.45) is 0 Å². The number of alkyl halides is 1. The van der Waals surface area contributed by atoms with Gasteiger partial charge in [0.05, 0.1) is 0 Å². The molecule has 0 atom stereocenters. The summed E-state index contributed by atoms with van der Waals surface area (Å²) < 4.78 is 25.1. The summed E-state index contributed by atoms with van der Waals surface area (Å²) in [6, 6.07) is 4.36. The first-order valence-electron chi connectivity index (χ1n) is 3.49. The molecule has 0 aliphatic heterocycles. The molecule has 1 aromatic rings. The minimum absolute atomic E-state index is 0.266. The summed E-state index contributed by atoms with van der Waals surface area (Å²) in [5.41, 5.74) is 0.773. The summed E-state index contributed by atoms with van der Waals surface area (Å²) in [6.07, 6.45) is 0. The van der Waals surface area contributed by atoms with Gasteiger partial charge in [0.1, 0.15) is 12.5 Å². The summed E-state index contributed by atoms with van der Waals surface area (Å²) in [6.45, 7) is -0.158. The van der Waals surface area contributed by atoms with Crippen molar-refractivity contribution in [1.29, 1.82) is 0 Å². The molecule has 0 radical (unpaired) electrons. The Balaban J connectivity index is 2.72. The van der Waals surface area contributed by atoms with Crippen molar-refractivity contribution in [3.8, 4) is 0 Å². The minimum atomic E-state index is -0.423. The third kappa shape index (κ3) is 2.58. The highest BCUT2D eigenvalue weighted by molar-refractivity contribution is 14.1. The van der Waals surface area contributed by atoms with Crippen LogP contribution in [-0.2, 0) is 0 Å². The lowest BCUT2D eigenvalue weighted by atomic mass is 10.3. The third-order valence-corrected chi connectivity index (χ3v) is 2.23. The highest BCUT2D eigenvalue weighted by Gasteiger charge is 1.99. The van der Waals surface area contributed by atoms with E-state index in [0.717, 1.165) is 9.26 Å². The Hall–Kier alpha value is -0.390. The molecule has 66 valence electrons. The Morgan fingerprint density at radius 3 is 2.75 bits per heavy atom. The van der Waals surface area contributed by atoms with Crippen LogP contribution in [0.25, 0.3) is 0 Å². The molecule has 0 fully saturated rings. The van der Waals surface area contributed by atoms with Gasteiger partial charge in [-0.2, -0.15) is 0 Å². The molecule has 0 aliphatic carbocycles. The quantitative estimate of drug-likeness (QED) is 0.841. The van der Waals surface area contributed by atoms with Crippen molar-refractivity contribution >= 4 is 28.3 Å². The topological polar surface area (TPSA) is 12.0 Å². The summed E-state index contributed by atoms with van der Waals surface area (Å²) in [5, 5.41) is 2.84. The van der Waals surface area contributed by atoms with E-state index in [2.05, 4.69) is 5.32 Å². The second-order valence-corrected chi connectivity index (χ2v) is 3.40. The fourth-order valence-electron chi connectivity index (χ4n) is 0.815. The Morgan fingerprint density at radius 1 is 1.42 bits per heavy atom. The van der Waals surface area contributed by atoms with Crippen LogP contribution in [-0.4, -0.2) is 13.2 Å². The highest BCUT2D eigenvalue weighted by Crippen LogP contribution is 2.18. The predicted octanol–water partition coefficient (Wildman–Crippen LogP) is 2.81. The second kappa shape index (κ2) is 4.59. The van der Waals surface area contributed by atoms with E-state index in [1.54, 1.807) is 6.07 Å². The van der Waals surface area contributed by atoms with Crippen molar-refractivity contribution in [2.75, 3.05) is 18.5 Å². The molecule has 0 heterocycles. The van der Waals surface area contributed by atoms with Gasteiger partial charge in [-0.3, -0.25) is 0 Å². The van der Waals surface area contributed by atoms with Crippen LogP contribution in [0.5, 0.6) is 0 Å². The number of benzene rings is 1. The van der Waals surface area contributed by atoms with Crippen molar-refractivity contribution in [3.05, 3.63) is 27.6 Å². The average molecular weight is 283 g/mol. The lowest BCUT2D eigenvalue weighted by Crippen LogP contribution is -2.04. The first-order chi connectivity index (χ1) is 5.74. The zero-order chi connectivity index (χ0) is 8.97. The van der Waals surface area contributed by atoms with Crippen molar-refractivity contribution in [3.63, 3.8) is 0 Å². The number of rotatable bonds is 3. The lowest BCUT2D eigenvalue weighted by Gasteiger charge is -2.05. The van der Waals surface area contributed by atoms with Gasteiger partial charge in [-0.1, -0.05) is 0 Å². The van der Waals surface area contributed by atoms with Gasteiger partial charge in [0.25, 0.3) is 0 Å². The molecule has 1 aromatic carbocycles. The maximum atomic E-state index is 12.6. The monoisotopic (exact) mass is 283 g/mol. The van der Waals surface area contributed by atoms with E-state index >= 15 is 0 Å². The van der Waals surface area contributed by atoms with Crippen molar-refractivity contribution in [1.82, 2.24) is 0 Å². The number of nitrogens with one attached hydrogen (secondary N) is 1. The van der Waals surface area contributed by atoms with Gasteiger partial charge in [-0.05, 0) is 40.8 Å². The fraction of sp³-hybridized carbons (Fsp3) is 0.250. The Morgan fingerprint density at radius 2 is 2.17 bits per heavy atom. The fourth-order valence-corrected chi connectivity index (χ4v) is 1.48. The van der Waals surface area contributed by atoms with Crippen LogP contribution in [0.15, 0.2) is 18.2 Å². The van der Waals surface area contributed by atoms with Gasteiger partial charge in [-0.25, -0.2) is 8.78 Å². The summed E-state index contributed by atoms with van der Waals surface area (Å²) in [7, 11) is 0. The normalized spacial score (nSPS) is 9.92. The SMILES string of the molecule is FCCNc1ccc(F)cc1I. The number of hydrogen-bond acceptors (Lipinski definition) is 1. The summed E-state index contributed by atoms with van der Waals surface area (Å²) in [5.74, 6) is -0.273. The predicted molar refractivity (Wildman–Crippen MR) is 53.6 cm³/mol. The van der Waals surface area contributed by atoms with E-state index in [1.807, 2.05) is 22.6 Å². The molecule has 1 N–H and O–H groups in total. The summed E-state index contributed by atoms with van der Waals surface area (Å²) in [4.78, 5) is 0.